The summed E-state index contributed by atoms with van der Waals surface area (Å²) in [5.41, 5.74) is 0.962. The fourth-order valence-corrected chi connectivity index (χ4v) is 2.23. The Morgan fingerprint density at radius 1 is 1.41 bits per heavy atom. The average molecular weight is 299 g/mol. The van der Waals surface area contributed by atoms with Gasteiger partial charge in [-0.1, -0.05) is 28.1 Å². The van der Waals surface area contributed by atoms with Crippen LogP contribution in [0, 0.1) is 0 Å². The van der Waals surface area contributed by atoms with Crippen LogP contribution in [-0.4, -0.2) is 25.0 Å². The molecule has 0 aliphatic rings. The highest BCUT2D eigenvalue weighted by Crippen LogP contribution is 2.17. The van der Waals surface area contributed by atoms with E-state index in [0.29, 0.717) is 6.54 Å². The van der Waals surface area contributed by atoms with Crippen molar-refractivity contribution < 1.29 is 4.79 Å². The van der Waals surface area contributed by atoms with Crippen molar-refractivity contribution in [3.8, 4) is 0 Å². The zero-order chi connectivity index (χ0) is 12.9. The van der Waals surface area contributed by atoms with E-state index in [4.69, 9.17) is 0 Å². The predicted octanol–water partition coefficient (Wildman–Crippen LogP) is 2.11. The largest absolute Gasteiger partial charge is 0.350 e. The van der Waals surface area contributed by atoms with Crippen LogP contribution in [0.4, 0.5) is 0 Å². The Hall–Kier alpha value is -0.870. The number of halogens is 1. The van der Waals surface area contributed by atoms with Crippen LogP contribution in [0.25, 0.3) is 0 Å². The van der Waals surface area contributed by atoms with Crippen LogP contribution >= 0.6 is 15.9 Å². The summed E-state index contributed by atoms with van der Waals surface area (Å²) in [4.78, 5) is 11.5. The summed E-state index contributed by atoms with van der Waals surface area (Å²) in [6.45, 7) is 4.41. The Kier molecular flexibility index (Phi) is 5.15. The van der Waals surface area contributed by atoms with E-state index < -0.39 is 0 Å². The molecule has 1 rings (SSSR count). The summed E-state index contributed by atoms with van der Waals surface area (Å²) < 4.78 is 1.06. The predicted molar refractivity (Wildman–Crippen MR) is 74.0 cm³/mol. The molecule has 3 nitrogen and oxygen atoms in total. The molecule has 0 aliphatic carbocycles. The Labute approximate surface area is 111 Å². The second kappa shape index (κ2) is 6.17. The lowest BCUT2D eigenvalue weighted by Crippen LogP contribution is -2.47. The maximum Gasteiger partial charge on any atom is 0.234 e. The number of benzene rings is 1. The van der Waals surface area contributed by atoms with Crippen LogP contribution in [0.5, 0.6) is 0 Å². The number of hydrogen-bond acceptors (Lipinski definition) is 2. The molecule has 0 spiro atoms. The molecule has 94 valence electrons. The Morgan fingerprint density at radius 3 is 2.71 bits per heavy atom. The average Bonchev–Trinajstić information content (AvgIpc) is 2.15. The van der Waals surface area contributed by atoms with Gasteiger partial charge in [-0.05, 0) is 45.0 Å². The van der Waals surface area contributed by atoms with Crippen molar-refractivity contribution in [3.05, 3.63) is 34.3 Å². The molecule has 0 aromatic heterocycles. The van der Waals surface area contributed by atoms with Crippen molar-refractivity contribution in [2.45, 2.75) is 25.8 Å². The summed E-state index contributed by atoms with van der Waals surface area (Å²) >= 11 is 3.45. The second-order valence-electron chi connectivity index (χ2n) is 4.77. The van der Waals surface area contributed by atoms with Gasteiger partial charge in [-0.3, -0.25) is 4.79 Å². The van der Waals surface area contributed by atoms with Gasteiger partial charge in [-0.25, -0.2) is 0 Å². The summed E-state index contributed by atoms with van der Waals surface area (Å²) in [5, 5.41) is 5.85. The van der Waals surface area contributed by atoms with Crippen LogP contribution < -0.4 is 10.6 Å². The first-order chi connectivity index (χ1) is 7.93. The standard InChI is InChI=1S/C13H19BrN2O/c1-13(2,16-12(17)9-15-3)8-10-5-4-6-11(14)7-10/h4-7,15H,8-9H2,1-3H3,(H,16,17). The van der Waals surface area contributed by atoms with Crippen molar-refractivity contribution in [2.24, 2.45) is 0 Å². The molecule has 17 heavy (non-hydrogen) atoms. The van der Waals surface area contributed by atoms with Gasteiger partial charge in [0.2, 0.25) is 5.91 Å². The number of nitrogens with one attached hydrogen (secondary N) is 2. The van der Waals surface area contributed by atoms with E-state index in [2.05, 4.69) is 38.7 Å². The fourth-order valence-electron chi connectivity index (χ4n) is 1.78. The van der Waals surface area contributed by atoms with Crippen LogP contribution in [0.15, 0.2) is 28.7 Å². The van der Waals surface area contributed by atoms with E-state index in [1.807, 2.05) is 26.0 Å². The zero-order valence-corrected chi connectivity index (χ0v) is 12.1. The molecule has 0 unspecified atom stereocenters. The van der Waals surface area contributed by atoms with Crippen LogP contribution in [-0.2, 0) is 11.2 Å². The minimum Gasteiger partial charge on any atom is -0.350 e. The number of hydrogen-bond donors (Lipinski definition) is 2. The molecular formula is C13H19BrN2O. The highest BCUT2D eigenvalue weighted by molar-refractivity contribution is 9.10. The SMILES string of the molecule is CNCC(=O)NC(C)(C)Cc1cccc(Br)c1. The minimum atomic E-state index is -0.241. The molecule has 0 saturated carbocycles. The Morgan fingerprint density at radius 2 is 2.12 bits per heavy atom. The fraction of sp³-hybridized carbons (Fsp3) is 0.462. The third-order valence-electron chi connectivity index (χ3n) is 2.35. The summed E-state index contributed by atoms with van der Waals surface area (Å²) in [7, 11) is 1.76. The monoisotopic (exact) mass is 298 g/mol. The first kappa shape index (κ1) is 14.2. The van der Waals surface area contributed by atoms with Gasteiger partial charge in [-0.15, -0.1) is 0 Å². The summed E-state index contributed by atoms with van der Waals surface area (Å²) in [5.74, 6) is 0.0208. The van der Waals surface area contributed by atoms with Crippen molar-refractivity contribution in [3.63, 3.8) is 0 Å². The lowest BCUT2D eigenvalue weighted by Gasteiger charge is -2.26. The quantitative estimate of drug-likeness (QED) is 0.874. The van der Waals surface area contributed by atoms with Crippen molar-refractivity contribution in [1.29, 1.82) is 0 Å². The third kappa shape index (κ3) is 5.33. The minimum absolute atomic E-state index is 0.0208. The maximum atomic E-state index is 11.5. The van der Waals surface area contributed by atoms with E-state index in [0.717, 1.165) is 10.9 Å². The van der Waals surface area contributed by atoms with Crippen molar-refractivity contribution in [2.75, 3.05) is 13.6 Å². The lowest BCUT2D eigenvalue weighted by molar-refractivity contribution is -0.121. The molecule has 0 heterocycles. The molecule has 2 N–H and O–H groups in total. The Bertz CT molecular complexity index is 391. The van der Waals surface area contributed by atoms with Gasteiger partial charge in [0, 0.05) is 10.0 Å². The first-order valence-electron chi connectivity index (χ1n) is 5.63. The van der Waals surface area contributed by atoms with E-state index in [1.54, 1.807) is 7.05 Å². The van der Waals surface area contributed by atoms with Crippen LogP contribution in [0.1, 0.15) is 19.4 Å². The van der Waals surface area contributed by atoms with Crippen molar-refractivity contribution >= 4 is 21.8 Å². The molecule has 0 bridgehead atoms. The van der Waals surface area contributed by atoms with Gasteiger partial charge in [0.15, 0.2) is 0 Å². The van der Waals surface area contributed by atoms with E-state index in [1.165, 1.54) is 5.56 Å². The number of amides is 1. The second-order valence-corrected chi connectivity index (χ2v) is 5.68. The molecule has 0 saturated heterocycles. The molecule has 0 atom stereocenters. The van der Waals surface area contributed by atoms with Gasteiger partial charge < -0.3 is 10.6 Å². The van der Waals surface area contributed by atoms with E-state index in [-0.39, 0.29) is 11.4 Å². The Balaban J connectivity index is 2.62. The summed E-state index contributed by atoms with van der Waals surface area (Å²) in [6.07, 6.45) is 0.807. The van der Waals surface area contributed by atoms with Gasteiger partial charge in [0.1, 0.15) is 0 Å². The van der Waals surface area contributed by atoms with Gasteiger partial charge >= 0.3 is 0 Å². The maximum absolute atomic E-state index is 11.5. The zero-order valence-electron chi connectivity index (χ0n) is 10.5. The van der Waals surface area contributed by atoms with E-state index in [9.17, 15) is 4.79 Å². The van der Waals surface area contributed by atoms with Crippen molar-refractivity contribution in [1.82, 2.24) is 10.6 Å². The number of carbonyl (C=O) groups is 1. The van der Waals surface area contributed by atoms with Gasteiger partial charge in [0.25, 0.3) is 0 Å². The van der Waals surface area contributed by atoms with E-state index >= 15 is 0 Å². The van der Waals surface area contributed by atoms with Gasteiger partial charge in [0.05, 0.1) is 6.54 Å². The molecular weight excluding hydrogens is 280 g/mol. The molecule has 4 heteroatoms. The normalized spacial score (nSPS) is 11.3. The molecule has 0 fully saturated rings. The number of rotatable bonds is 5. The number of carbonyl (C=O) groups excluding carboxylic acids is 1. The summed E-state index contributed by atoms with van der Waals surface area (Å²) in [6, 6.07) is 8.14. The van der Waals surface area contributed by atoms with Gasteiger partial charge in [-0.2, -0.15) is 0 Å². The van der Waals surface area contributed by atoms with Crippen LogP contribution in [0.2, 0.25) is 0 Å². The molecule has 1 aromatic rings. The molecule has 0 aliphatic heterocycles. The van der Waals surface area contributed by atoms with Crippen LogP contribution in [0.3, 0.4) is 0 Å². The molecule has 1 aromatic carbocycles. The highest BCUT2D eigenvalue weighted by Gasteiger charge is 2.20. The number of likely N-dealkylation sites (N-methyl/N-ethyl adjacent to an activating group) is 1. The first-order valence-corrected chi connectivity index (χ1v) is 6.42. The molecule has 1 amide bonds. The topological polar surface area (TPSA) is 41.1 Å². The lowest BCUT2D eigenvalue weighted by atomic mass is 9.95. The smallest absolute Gasteiger partial charge is 0.234 e. The molecule has 0 radical (unpaired) electrons. The third-order valence-corrected chi connectivity index (χ3v) is 2.84. The highest BCUT2D eigenvalue weighted by atomic mass is 79.9.